The highest BCUT2D eigenvalue weighted by molar-refractivity contribution is 8.24. The second-order valence-corrected chi connectivity index (χ2v) is 20.7. The molecule has 0 saturated heterocycles. The Morgan fingerprint density at radius 1 is 0.772 bits per heavy atom. The zero-order valence-corrected chi connectivity index (χ0v) is 35.9. The highest BCUT2D eigenvalue weighted by Crippen LogP contribution is 2.61. The van der Waals surface area contributed by atoms with Gasteiger partial charge in [0.2, 0.25) is 0 Å². The summed E-state index contributed by atoms with van der Waals surface area (Å²) in [6, 6.07) is 20.3. The number of carbonyl (C=O) groups excluding carboxylic acids is 1. The maximum absolute atomic E-state index is 12.4. The van der Waals surface area contributed by atoms with E-state index in [2.05, 4.69) is 54.0 Å². The first-order chi connectivity index (χ1) is 26.8. The van der Waals surface area contributed by atoms with Gasteiger partial charge in [-0.05, 0) is 104 Å². The summed E-state index contributed by atoms with van der Waals surface area (Å²) < 4.78 is 9.51. The van der Waals surface area contributed by atoms with Crippen molar-refractivity contribution < 1.29 is 14.5 Å². The van der Waals surface area contributed by atoms with Crippen molar-refractivity contribution in [2.75, 3.05) is 0 Å². The fourth-order valence-corrected chi connectivity index (χ4v) is 6.82. The minimum absolute atomic E-state index is 0.0326. The van der Waals surface area contributed by atoms with Crippen molar-refractivity contribution >= 4 is 112 Å². The molecule has 3 aromatic carbocycles. The van der Waals surface area contributed by atoms with Crippen LogP contribution >= 0.6 is 73.7 Å². The van der Waals surface area contributed by atoms with Crippen LogP contribution in [0.5, 0.6) is 5.75 Å². The third-order valence-corrected chi connectivity index (χ3v) is 9.73. The number of hydrogen-bond donors (Lipinski definition) is 4. The van der Waals surface area contributed by atoms with Gasteiger partial charge in [-0.1, -0.05) is 89.0 Å². The summed E-state index contributed by atoms with van der Waals surface area (Å²) in [6.07, 6.45) is 5.22. The maximum atomic E-state index is 12.4. The van der Waals surface area contributed by atoms with Gasteiger partial charge in [-0.2, -0.15) is 10.5 Å². The molecule has 296 valence electrons. The van der Waals surface area contributed by atoms with E-state index in [4.69, 9.17) is 45.3 Å². The van der Waals surface area contributed by atoms with Gasteiger partial charge in [-0.3, -0.25) is 18.9 Å². The number of fused-ring (bicyclic) bond motifs is 3. The summed E-state index contributed by atoms with van der Waals surface area (Å²) in [5, 5.41) is 30.4. The Labute approximate surface area is 356 Å². The van der Waals surface area contributed by atoms with Crippen molar-refractivity contribution in [1.29, 1.82) is 10.5 Å². The minimum Gasteiger partial charge on any atom is -0.506 e. The Bertz CT molecular complexity index is 2740. The molecule has 0 bridgehead atoms. The highest BCUT2D eigenvalue weighted by Gasteiger charge is 2.23. The lowest BCUT2D eigenvalue weighted by Gasteiger charge is -2.22. The fourth-order valence-electron chi connectivity index (χ4n) is 5.98. The molecule has 0 atom stereocenters. The van der Waals surface area contributed by atoms with Crippen LogP contribution in [-0.2, 0) is 4.57 Å². The number of aryl methyl sites for hydroxylation is 3. The first-order valence-corrected chi connectivity index (χ1v) is 22.6. The molecule has 0 spiro atoms. The number of carbonyl (C=O) groups is 1. The van der Waals surface area contributed by atoms with Crippen LogP contribution in [0.15, 0.2) is 64.2 Å². The Kier molecular flexibility index (Phi) is 15.9. The molecule has 0 aliphatic heterocycles. The molecular weight excluding hydrogens is 876 g/mol. The Morgan fingerprint density at radius 2 is 1.25 bits per heavy atom. The van der Waals surface area contributed by atoms with Crippen molar-refractivity contribution in [2.24, 2.45) is 0 Å². The van der Waals surface area contributed by atoms with Gasteiger partial charge < -0.3 is 20.4 Å². The van der Waals surface area contributed by atoms with Crippen LogP contribution in [0.1, 0.15) is 70.3 Å². The number of H-pyrrole nitrogens is 2. The second-order valence-electron chi connectivity index (χ2n) is 13.0. The number of aromatic nitrogens is 3. The van der Waals surface area contributed by atoms with Crippen molar-refractivity contribution in [3.63, 3.8) is 0 Å². The molecule has 3 heterocycles. The normalized spacial score (nSPS) is 12.5. The van der Waals surface area contributed by atoms with Crippen LogP contribution in [0, 0.1) is 43.4 Å². The summed E-state index contributed by atoms with van der Waals surface area (Å²) in [4.78, 5) is 45.3. The van der Waals surface area contributed by atoms with E-state index >= 15 is 0 Å². The highest BCUT2D eigenvalue weighted by atomic mass is 36.0. The van der Waals surface area contributed by atoms with Crippen molar-refractivity contribution in [2.45, 2.75) is 58.9 Å². The van der Waals surface area contributed by atoms with E-state index in [9.17, 15) is 24.1 Å². The quantitative estimate of drug-likeness (QED) is 0.0973. The number of halogens is 6. The van der Waals surface area contributed by atoms with Crippen LogP contribution in [0.4, 0.5) is 0 Å². The summed E-state index contributed by atoms with van der Waals surface area (Å²) in [5.41, 5.74) is 3.94. The predicted molar refractivity (Wildman–Crippen MR) is 231 cm³/mol. The smallest absolute Gasteiger partial charge is 0.339 e. The number of nitrogens with zero attached hydrogens (tertiary/aromatic N) is 3. The molecule has 0 radical (unpaired) electrons. The zero-order valence-electron chi connectivity index (χ0n) is 30.4. The number of aromatic amines is 2. The molecule has 1 aliphatic carbocycles. The lowest BCUT2D eigenvalue weighted by molar-refractivity contribution is 0.0923. The monoisotopic (exact) mass is 906 g/mol. The Hall–Kier alpha value is -4.29. The number of nitrogens with one attached hydrogen (secondary N) is 3. The molecule has 4 N–H and O–H groups in total. The first kappa shape index (κ1) is 45.4. The lowest BCUT2D eigenvalue weighted by atomic mass is 9.95. The van der Waals surface area contributed by atoms with Crippen LogP contribution in [0.3, 0.4) is 0 Å². The molecule has 1 amide bonds. The van der Waals surface area contributed by atoms with Crippen LogP contribution in [0.25, 0.3) is 32.7 Å². The molecule has 6 aromatic rings. The standard InChI is InChI=1S/C17H20N2O3.C11H6Cl2N2.C11H7ClN2O.Cl3OP/c1-10-7-8-13-12(9-10)15(20)14(17(22)19-13)16(21)18-11-5-3-2-4-6-11;1-6-2-3-9-7(4-6)10(12)8(5-14)11(13)15-9;1-6-2-3-9-7(4-6)10(12)8(5-13)11(15)14-9;1-5(2,3)4/h7-9,11H,2-6H2,1H3,(H,18,21)(H2,19,20,22);2-4H,1H3;2-4H,1H3,(H,14,15);. The van der Waals surface area contributed by atoms with Gasteiger partial charge in [-0.25, -0.2) is 4.98 Å². The molecule has 0 unspecified atom stereocenters. The summed E-state index contributed by atoms with van der Waals surface area (Å²) in [6.45, 7) is 5.77. The number of amides is 1. The predicted octanol–water partition coefficient (Wildman–Crippen LogP) is 11.5. The summed E-state index contributed by atoms with van der Waals surface area (Å²) in [5.74, 6) is -0.732. The molecule has 1 fully saturated rings. The average molecular weight is 909 g/mol. The molecular formula is C39H33Cl6N6O5P. The van der Waals surface area contributed by atoms with Gasteiger partial charge in [0.15, 0.2) is 0 Å². The average Bonchev–Trinajstić information content (AvgIpc) is 3.13. The zero-order chi connectivity index (χ0) is 42.2. The molecule has 18 heteroatoms. The largest absolute Gasteiger partial charge is 0.506 e. The van der Waals surface area contributed by atoms with Crippen molar-refractivity contribution in [3.8, 4) is 17.9 Å². The van der Waals surface area contributed by atoms with E-state index in [0.29, 0.717) is 32.3 Å². The van der Waals surface area contributed by atoms with E-state index in [1.165, 1.54) is 6.42 Å². The second kappa shape index (κ2) is 19.9. The van der Waals surface area contributed by atoms with E-state index < -0.39 is 22.2 Å². The molecule has 7 rings (SSSR count). The van der Waals surface area contributed by atoms with Gasteiger partial charge in [0.25, 0.3) is 17.0 Å². The lowest BCUT2D eigenvalue weighted by Crippen LogP contribution is -2.38. The molecule has 57 heavy (non-hydrogen) atoms. The number of pyridine rings is 3. The van der Waals surface area contributed by atoms with Crippen LogP contribution < -0.4 is 16.4 Å². The number of aromatic hydroxyl groups is 1. The Balaban J connectivity index is 0.000000183. The molecule has 11 nitrogen and oxygen atoms in total. The molecule has 1 aliphatic rings. The van der Waals surface area contributed by atoms with Gasteiger partial charge in [-0.15, -0.1) is 0 Å². The van der Waals surface area contributed by atoms with Crippen molar-refractivity contribution in [1.82, 2.24) is 20.3 Å². The first-order valence-electron chi connectivity index (χ1n) is 17.1. The van der Waals surface area contributed by atoms with Crippen LogP contribution in [0.2, 0.25) is 15.2 Å². The van der Waals surface area contributed by atoms with E-state index in [0.717, 1.165) is 47.8 Å². The van der Waals surface area contributed by atoms with Gasteiger partial charge >= 0.3 is 5.20 Å². The third-order valence-electron chi connectivity index (χ3n) is 8.67. The molecule has 3 aromatic heterocycles. The number of hydrogen-bond acceptors (Lipinski definition) is 8. The summed E-state index contributed by atoms with van der Waals surface area (Å²) >= 11 is 31.7. The summed E-state index contributed by atoms with van der Waals surface area (Å²) in [7, 11) is 0. The molecule has 1 saturated carbocycles. The fraction of sp³-hybridized carbons (Fsp3) is 0.231. The van der Waals surface area contributed by atoms with Gasteiger partial charge in [0.05, 0.1) is 21.1 Å². The number of nitriles is 2. The SMILES string of the molecule is Cc1ccc2[nH]c(=O)c(C#N)c(Cl)c2c1.Cc1ccc2[nH]c(=O)c(C(=O)NC3CCCCC3)c(O)c2c1.Cc1ccc2nc(Cl)c(C#N)c(Cl)c2c1.O=P(Cl)(Cl)Cl. The van der Waals surface area contributed by atoms with Gasteiger partial charge in [0.1, 0.15) is 39.7 Å². The van der Waals surface area contributed by atoms with E-state index in [1.807, 2.05) is 63.2 Å². The number of rotatable bonds is 2. The Morgan fingerprint density at radius 3 is 1.81 bits per heavy atom. The van der Waals surface area contributed by atoms with E-state index in [-0.39, 0.29) is 38.7 Å². The topological polar surface area (TPSA) is 193 Å². The van der Waals surface area contributed by atoms with Gasteiger partial charge in [0, 0.05) is 27.7 Å². The third kappa shape index (κ3) is 12.1. The van der Waals surface area contributed by atoms with Crippen LogP contribution in [-0.4, -0.2) is 32.0 Å². The van der Waals surface area contributed by atoms with E-state index in [1.54, 1.807) is 24.3 Å². The van der Waals surface area contributed by atoms with Crippen molar-refractivity contribution in [3.05, 3.63) is 124 Å². The minimum atomic E-state index is -3.22. The number of benzene rings is 3. The maximum Gasteiger partial charge on any atom is 0.339 e.